The zero-order chi connectivity index (χ0) is 21.1. The van der Waals surface area contributed by atoms with Gasteiger partial charge in [0.25, 0.3) is 5.91 Å². The Hall–Kier alpha value is -4.26. The predicted octanol–water partition coefficient (Wildman–Crippen LogP) is 3.89. The summed E-state index contributed by atoms with van der Waals surface area (Å²) >= 11 is 0. The number of hydrogen-bond donors (Lipinski definition) is 1. The molecule has 1 heterocycles. The Balaban J connectivity index is 1.70. The van der Waals surface area contributed by atoms with Crippen molar-refractivity contribution < 1.29 is 18.7 Å². The van der Waals surface area contributed by atoms with Crippen molar-refractivity contribution >= 4 is 28.5 Å². The Labute approximate surface area is 170 Å². The summed E-state index contributed by atoms with van der Waals surface area (Å²) in [5, 5.41) is 3.16. The van der Waals surface area contributed by atoms with Crippen LogP contribution in [0, 0.1) is 0 Å². The summed E-state index contributed by atoms with van der Waals surface area (Å²) in [5.74, 6) is -0.874. The maximum absolute atomic E-state index is 12.8. The quantitative estimate of drug-likeness (QED) is 0.522. The van der Waals surface area contributed by atoms with Gasteiger partial charge < -0.3 is 14.5 Å². The Morgan fingerprint density at radius 1 is 0.933 bits per heavy atom. The second kappa shape index (κ2) is 8.00. The van der Waals surface area contributed by atoms with Crippen molar-refractivity contribution in [3.8, 4) is 11.5 Å². The average molecular weight is 400 g/mol. The van der Waals surface area contributed by atoms with E-state index in [9.17, 15) is 14.4 Å². The van der Waals surface area contributed by atoms with Gasteiger partial charge in [0, 0.05) is 5.56 Å². The van der Waals surface area contributed by atoms with E-state index < -0.39 is 17.5 Å². The van der Waals surface area contributed by atoms with Crippen LogP contribution >= 0.6 is 0 Å². The van der Waals surface area contributed by atoms with Gasteiger partial charge in [0.2, 0.25) is 5.89 Å². The molecule has 148 valence electrons. The number of anilines is 1. The number of rotatable bonds is 4. The standard InChI is InChI=1S/C23H16N2O5/c1-29-22(27)15-8-6-7-14(13-15)20(26)24-18-11-4-2-9-16(18)21-25-19-12-5-3-10-17(19)23(28)30-21/h2-13H,1H3,(H,24,26). The first-order chi connectivity index (χ1) is 14.6. The monoisotopic (exact) mass is 400 g/mol. The Morgan fingerprint density at radius 3 is 2.50 bits per heavy atom. The summed E-state index contributed by atoms with van der Waals surface area (Å²) in [6.45, 7) is 0. The Bertz CT molecular complexity index is 1330. The molecule has 0 saturated carbocycles. The molecule has 0 aliphatic rings. The minimum absolute atomic E-state index is 0.0953. The summed E-state index contributed by atoms with van der Waals surface area (Å²) in [6.07, 6.45) is 0. The molecule has 4 rings (SSSR count). The van der Waals surface area contributed by atoms with E-state index in [0.29, 0.717) is 22.2 Å². The van der Waals surface area contributed by atoms with Gasteiger partial charge in [0.15, 0.2) is 0 Å². The number of esters is 1. The van der Waals surface area contributed by atoms with Crippen LogP contribution in [0.15, 0.2) is 82.0 Å². The number of nitrogens with zero attached hydrogens (tertiary/aromatic N) is 1. The minimum atomic E-state index is -0.535. The van der Waals surface area contributed by atoms with Crippen LogP contribution in [-0.2, 0) is 4.74 Å². The number of hydrogen-bond acceptors (Lipinski definition) is 6. The molecule has 0 aliphatic carbocycles. The van der Waals surface area contributed by atoms with Crippen LogP contribution in [0.3, 0.4) is 0 Å². The number of nitrogens with one attached hydrogen (secondary N) is 1. The van der Waals surface area contributed by atoms with Gasteiger partial charge in [-0.25, -0.2) is 14.6 Å². The zero-order valence-electron chi connectivity index (χ0n) is 15.9. The van der Waals surface area contributed by atoms with Crippen LogP contribution < -0.4 is 10.9 Å². The van der Waals surface area contributed by atoms with Crippen molar-refractivity contribution in [2.75, 3.05) is 12.4 Å². The zero-order valence-corrected chi connectivity index (χ0v) is 15.9. The van der Waals surface area contributed by atoms with Crippen LogP contribution in [0.5, 0.6) is 0 Å². The lowest BCUT2D eigenvalue weighted by Gasteiger charge is -2.11. The second-order valence-corrected chi connectivity index (χ2v) is 6.40. The number of fused-ring (bicyclic) bond motifs is 1. The smallest absolute Gasteiger partial charge is 0.347 e. The summed E-state index contributed by atoms with van der Waals surface area (Å²) in [7, 11) is 1.27. The topological polar surface area (TPSA) is 98.5 Å². The van der Waals surface area contributed by atoms with Gasteiger partial charge in [0.05, 0.1) is 34.8 Å². The highest BCUT2D eigenvalue weighted by molar-refractivity contribution is 6.07. The van der Waals surface area contributed by atoms with Gasteiger partial charge in [-0.2, -0.15) is 0 Å². The van der Waals surface area contributed by atoms with E-state index in [4.69, 9.17) is 9.15 Å². The number of ether oxygens (including phenoxy) is 1. The molecule has 1 N–H and O–H groups in total. The Morgan fingerprint density at radius 2 is 1.67 bits per heavy atom. The number of carbonyl (C=O) groups is 2. The third-order valence-corrected chi connectivity index (χ3v) is 4.49. The van der Waals surface area contributed by atoms with E-state index in [2.05, 4.69) is 10.3 Å². The minimum Gasteiger partial charge on any atom is -0.465 e. The SMILES string of the molecule is COC(=O)c1cccc(C(=O)Nc2ccccc2-c2nc3ccccc3c(=O)o2)c1. The van der Waals surface area contributed by atoms with E-state index >= 15 is 0 Å². The summed E-state index contributed by atoms with van der Waals surface area (Å²) in [5.41, 5.74) is 1.40. The maximum Gasteiger partial charge on any atom is 0.347 e. The maximum atomic E-state index is 12.8. The lowest BCUT2D eigenvalue weighted by Crippen LogP contribution is -2.14. The van der Waals surface area contributed by atoms with Gasteiger partial charge in [-0.05, 0) is 42.5 Å². The molecule has 1 aromatic heterocycles. The number of benzene rings is 3. The van der Waals surface area contributed by atoms with Gasteiger partial charge in [-0.3, -0.25) is 4.79 Å². The molecule has 0 bridgehead atoms. The third-order valence-electron chi connectivity index (χ3n) is 4.49. The van der Waals surface area contributed by atoms with Crippen molar-refractivity contribution in [2.45, 2.75) is 0 Å². The van der Waals surface area contributed by atoms with E-state index in [1.165, 1.54) is 13.2 Å². The largest absolute Gasteiger partial charge is 0.465 e. The van der Waals surface area contributed by atoms with Crippen molar-refractivity contribution in [3.05, 3.63) is 94.3 Å². The molecule has 0 fully saturated rings. The molecule has 1 amide bonds. The van der Waals surface area contributed by atoms with Crippen molar-refractivity contribution in [2.24, 2.45) is 0 Å². The molecular weight excluding hydrogens is 384 g/mol. The van der Waals surface area contributed by atoms with Crippen molar-refractivity contribution in [1.29, 1.82) is 0 Å². The molecule has 0 unspecified atom stereocenters. The van der Waals surface area contributed by atoms with Gasteiger partial charge in [-0.1, -0.05) is 30.3 Å². The highest BCUT2D eigenvalue weighted by atomic mass is 16.5. The number of methoxy groups -OCH3 is 1. The van der Waals surface area contributed by atoms with E-state index in [1.54, 1.807) is 66.7 Å². The first-order valence-electron chi connectivity index (χ1n) is 9.06. The normalized spacial score (nSPS) is 10.6. The molecule has 4 aromatic rings. The van der Waals surface area contributed by atoms with Crippen LogP contribution in [0.4, 0.5) is 5.69 Å². The van der Waals surface area contributed by atoms with Crippen molar-refractivity contribution in [3.63, 3.8) is 0 Å². The van der Waals surface area contributed by atoms with Crippen LogP contribution in [0.2, 0.25) is 0 Å². The Kier molecular flexibility index (Phi) is 5.09. The average Bonchev–Trinajstić information content (AvgIpc) is 2.79. The first kappa shape index (κ1) is 19.1. The highest BCUT2D eigenvalue weighted by Crippen LogP contribution is 2.27. The van der Waals surface area contributed by atoms with Gasteiger partial charge in [-0.15, -0.1) is 0 Å². The summed E-state index contributed by atoms with van der Waals surface area (Å²) in [4.78, 5) is 41.2. The van der Waals surface area contributed by atoms with E-state index in [0.717, 1.165) is 0 Å². The molecule has 0 aliphatic heterocycles. The molecule has 7 nitrogen and oxygen atoms in total. The molecule has 30 heavy (non-hydrogen) atoms. The van der Waals surface area contributed by atoms with Crippen LogP contribution in [0.25, 0.3) is 22.4 Å². The van der Waals surface area contributed by atoms with Crippen LogP contribution in [-0.4, -0.2) is 24.0 Å². The number of para-hydroxylation sites is 2. The fourth-order valence-electron chi connectivity index (χ4n) is 3.01. The van der Waals surface area contributed by atoms with E-state index in [-0.39, 0.29) is 17.0 Å². The summed E-state index contributed by atoms with van der Waals surface area (Å²) < 4.78 is 10.1. The van der Waals surface area contributed by atoms with E-state index in [1.807, 2.05) is 0 Å². The van der Waals surface area contributed by atoms with Crippen LogP contribution in [0.1, 0.15) is 20.7 Å². The number of aromatic nitrogens is 1. The van der Waals surface area contributed by atoms with Crippen molar-refractivity contribution in [1.82, 2.24) is 4.98 Å². The molecule has 0 saturated heterocycles. The molecule has 0 radical (unpaired) electrons. The molecule has 7 heteroatoms. The molecule has 0 spiro atoms. The first-order valence-corrected chi connectivity index (χ1v) is 9.06. The lowest BCUT2D eigenvalue weighted by atomic mass is 10.1. The fourth-order valence-corrected chi connectivity index (χ4v) is 3.01. The number of carbonyl (C=O) groups excluding carboxylic acids is 2. The lowest BCUT2D eigenvalue weighted by molar-refractivity contribution is 0.0600. The highest BCUT2D eigenvalue weighted by Gasteiger charge is 2.16. The van der Waals surface area contributed by atoms with Gasteiger partial charge in [0.1, 0.15) is 0 Å². The summed E-state index contributed by atoms with van der Waals surface area (Å²) in [6, 6.07) is 19.9. The van der Waals surface area contributed by atoms with Gasteiger partial charge >= 0.3 is 11.6 Å². The predicted molar refractivity (Wildman–Crippen MR) is 111 cm³/mol. The molecule has 0 atom stereocenters. The third kappa shape index (κ3) is 3.68. The second-order valence-electron chi connectivity index (χ2n) is 6.40. The molecule has 3 aromatic carbocycles. The molecular formula is C23H16N2O5. The number of amides is 1. The fraction of sp³-hybridized carbons (Fsp3) is 0.0435.